The molecule has 0 atom stereocenters. The Morgan fingerprint density at radius 3 is 2.71 bits per heavy atom. The first-order valence-corrected chi connectivity index (χ1v) is 7.11. The van der Waals surface area contributed by atoms with E-state index in [1.165, 1.54) is 0 Å². The summed E-state index contributed by atoms with van der Waals surface area (Å²) >= 11 is 3.45. The molecule has 1 aromatic carbocycles. The first-order valence-electron chi connectivity index (χ1n) is 6.32. The van der Waals surface area contributed by atoms with Crippen LogP contribution < -0.4 is 10.3 Å². The van der Waals surface area contributed by atoms with Crippen LogP contribution in [-0.4, -0.2) is 21.6 Å². The van der Waals surface area contributed by atoms with Gasteiger partial charge < -0.3 is 9.30 Å². The third-order valence-corrected chi connectivity index (χ3v) is 3.80. The fourth-order valence-electron chi connectivity index (χ4n) is 2.17. The molecule has 2 aromatic heterocycles. The number of rotatable bonds is 3. The summed E-state index contributed by atoms with van der Waals surface area (Å²) in [6.45, 7) is 0.321. The van der Waals surface area contributed by atoms with Crippen LogP contribution in [0.1, 0.15) is 5.82 Å². The van der Waals surface area contributed by atoms with Gasteiger partial charge in [-0.2, -0.15) is 0 Å². The van der Waals surface area contributed by atoms with Crippen molar-refractivity contribution in [2.24, 2.45) is 0 Å². The average molecular weight is 346 g/mol. The van der Waals surface area contributed by atoms with Crippen LogP contribution in [0.25, 0.3) is 10.9 Å². The standard InChI is InChI=1S/C15H12BrN3O2/c1-21-13-8-12-10(7-11(13)16)3-4-15(20)19(12)9-14-17-5-2-6-18-14/h2-8H,9H2,1H3. The van der Waals surface area contributed by atoms with Gasteiger partial charge in [0.25, 0.3) is 5.56 Å². The van der Waals surface area contributed by atoms with Crippen molar-refractivity contribution in [2.75, 3.05) is 7.11 Å². The van der Waals surface area contributed by atoms with Crippen molar-refractivity contribution in [3.63, 3.8) is 0 Å². The predicted molar refractivity (Wildman–Crippen MR) is 83.6 cm³/mol. The van der Waals surface area contributed by atoms with Gasteiger partial charge in [-0.3, -0.25) is 4.79 Å². The molecule has 0 radical (unpaired) electrons. The predicted octanol–water partition coefficient (Wildman–Crippen LogP) is 2.61. The van der Waals surface area contributed by atoms with E-state index in [9.17, 15) is 4.79 Å². The fourth-order valence-corrected chi connectivity index (χ4v) is 2.69. The molecule has 0 saturated carbocycles. The zero-order chi connectivity index (χ0) is 14.8. The number of aromatic nitrogens is 3. The highest BCUT2D eigenvalue weighted by atomic mass is 79.9. The first kappa shape index (κ1) is 13.8. The Hall–Kier alpha value is -2.21. The molecule has 0 amide bonds. The molecule has 0 aliphatic heterocycles. The molecule has 0 N–H and O–H groups in total. The minimum Gasteiger partial charge on any atom is -0.495 e. The SMILES string of the molecule is COc1cc2c(ccc(=O)n2Cc2ncccn2)cc1Br. The van der Waals surface area contributed by atoms with Gasteiger partial charge in [0.05, 0.1) is 23.6 Å². The highest BCUT2D eigenvalue weighted by Crippen LogP contribution is 2.29. The van der Waals surface area contributed by atoms with E-state index in [-0.39, 0.29) is 5.56 Å². The van der Waals surface area contributed by atoms with Gasteiger partial charge in [-0.1, -0.05) is 0 Å². The maximum absolute atomic E-state index is 12.2. The third-order valence-electron chi connectivity index (χ3n) is 3.18. The molecule has 0 aliphatic carbocycles. The van der Waals surface area contributed by atoms with Crippen molar-refractivity contribution < 1.29 is 4.74 Å². The molecule has 0 saturated heterocycles. The number of nitrogens with zero attached hydrogens (tertiary/aromatic N) is 3. The van der Waals surface area contributed by atoms with Crippen LogP contribution in [0.15, 0.2) is 52.0 Å². The molecule has 5 nitrogen and oxygen atoms in total. The molecule has 0 aliphatic rings. The summed E-state index contributed by atoms with van der Waals surface area (Å²) in [5.74, 6) is 1.27. The minimum absolute atomic E-state index is 0.0978. The van der Waals surface area contributed by atoms with Crippen LogP contribution >= 0.6 is 15.9 Å². The van der Waals surface area contributed by atoms with E-state index in [0.717, 1.165) is 15.4 Å². The van der Waals surface area contributed by atoms with Gasteiger partial charge in [-0.05, 0) is 39.5 Å². The normalized spacial score (nSPS) is 10.8. The monoisotopic (exact) mass is 345 g/mol. The molecular formula is C15H12BrN3O2. The summed E-state index contributed by atoms with van der Waals surface area (Å²) in [6, 6.07) is 8.85. The largest absolute Gasteiger partial charge is 0.495 e. The van der Waals surface area contributed by atoms with E-state index in [1.807, 2.05) is 12.1 Å². The molecule has 3 aromatic rings. The topological polar surface area (TPSA) is 57.0 Å². The molecule has 21 heavy (non-hydrogen) atoms. The second kappa shape index (κ2) is 5.65. The van der Waals surface area contributed by atoms with Gasteiger partial charge >= 0.3 is 0 Å². The summed E-state index contributed by atoms with van der Waals surface area (Å²) in [4.78, 5) is 20.5. The Morgan fingerprint density at radius 2 is 2.00 bits per heavy atom. The van der Waals surface area contributed by atoms with Crippen molar-refractivity contribution in [3.8, 4) is 5.75 Å². The van der Waals surface area contributed by atoms with E-state index in [2.05, 4.69) is 25.9 Å². The van der Waals surface area contributed by atoms with Gasteiger partial charge in [0.15, 0.2) is 0 Å². The van der Waals surface area contributed by atoms with Gasteiger partial charge in [0, 0.05) is 24.5 Å². The number of pyridine rings is 1. The Bertz CT molecular complexity index is 847. The number of hydrogen-bond acceptors (Lipinski definition) is 4. The summed E-state index contributed by atoms with van der Waals surface area (Å²) in [5.41, 5.74) is 0.689. The highest BCUT2D eigenvalue weighted by Gasteiger charge is 2.09. The summed E-state index contributed by atoms with van der Waals surface area (Å²) in [6.07, 6.45) is 3.32. The Morgan fingerprint density at radius 1 is 1.24 bits per heavy atom. The molecule has 0 unspecified atom stereocenters. The number of ether oxygens (including phenoxy) is 1. The second-order valence-corrected chi connectivity index (χ2v) is 5.32. The van der Waals surface area contributed by atoms with Crippen LogP contribution in [0.5, 0.6) is 5.75 Å². The maximum atomic E-state index is 12.2. The zero-order valence-electron chi connectivity index (χ0n) is 11.3. The van der Waals surface area contributed by atoms with Gasteiger partial charge in [0.1, 0.15) is 11.6 Å². The molecular weight excluding hydrogens is 334 g/mol. The van der Waals surface area contributed by atoms with Crippen molar-refractivity contribution >= 4 is 26.8 Å². The fraction of sp³-hybridized carbons (Fsp3) is 0.133. The lowest BCUT2D eigenvalue weighted by molar-refractivity contribution is 0.412. The van der Waals surface area contributed by atoms with Crippen LogP contribution in [0.4, 0.5) is 0 Å². The van der Waals surface area contributed by atoms with E-state index in [1.54, 1.807) is 42.3 Å². The Balaban J connectivity index is 2.20. The molecule has 6 heteroatoms. The lowest BCUT2D eigenvalue weighted by atomic mass is 10.2. The number of hydrogen-bond donors (Lipinski definition) is 0. The van der Waals surface area contributed by atoms with Crippen LogP contribution in [0.3, 0.4) is 0 Å². The number of methoxy groups -OCH3 is 1. The lowest BCUT2D eigenvalue weighted by Crippen LogP contribution is -2.21. The molecule has 106 valence electrons. The van der Waals surface area contributed by atoms with Gasteiger partial charge in [-0.25, -0.2) is 9.97 Å². The van der Waals surface area contributed by atoms with Crippen molar-refractivity contribution in [1.82, 2.24) is 14.5 Å². The molecule has 2 heterocycles. The molecule has 0 fully saturated rings. The van der Waals surface area contributed by atoms with Gasteiger partial charge in [-0.15, -0.1) is 0 Å². The van der Waals surface area contributed by atoms with Crippen molar-refractivity contribution in [3.05, 3.63) is 63.4 Å². The third kappa shape index (κ3) is 2.67. The van der Waals surface area contributed by atoms with Crippen molar-refractivity contribution in [2.45, 2.75) is 6.54 Å². The van der Waals surface area contributed by atoms with Crippen LogP contribution in [-0.2, 0) is 6.54 Å². The zero-order valence-corrected chi connectivity index (χ0v) is 12.9. The summed E-state index contributed by atoms with van der Waals surface area (Å²) in [7, 11) is 1.59. The number of halogens is 1. The average Bonchev–Trinajstić information content (AvgIpc) is 2.51. The van der Waals surface area contributed by atoms with Crippen molar-refractivity contribution in [1.29, 1.82) is 0 Å². The van der Waals surface area contributed by atoms with Crippen LogP contribution in [0.2, 0.25) is 0 Å². The van der Waals surface area contributed by atoms with E-state index in [0.29, 0.717) is 18.1 Å². The smallest absolute Gasteiger partial charge is 0.251 e. The lowest BCUT2D eigenvalue weighted by Gasteiger charge is -2.11. The molecule has 0 bridgehead atoms. The number of benzene rings is 1. The van der Waals surface area contributed by atoms with Crippen LogP contribution in [0, 0.1) is 0 Å². The van der Waals surface area contributed by atoms with E-state index in [4.69, 9.17) is 4.74 Å². The molecule has 3 rings (SSSR count). The highest BCUT2D eigenvalue weighted by molar-refractivity contribution is 9.10. The van der Waals surface area contributed by atoms with E-state index >= 15 is 0 Å². The minimum atomic E-state index is -0.0978. The van der Waals surface area contributed by atoms with Gasteiger partial charge in [0.2, 0.25) is 0 Å². The first-order chi connectivity index (χ1) is 10.2. The van der Waals surface area contributed by atoms with E-state index < -0.39 is 0 Å². The maximum Gasteiger partial charge on any atom is 0.251 e. The Kier molecular flexibility index (Phi) is 3.70. The quantitative estimate of drug-likeness (QED) is 0.732. The Labute approximate surface area is 129 Å². The second-order valence-electron chi connectivity index (χ2n) is 4.47. The number of fused-ring (bicyclic) bond motifs is 1. The summed E-state index contributed by atoms with van der Waals surface area (Å²) < 4.78 is 7.79. The summed E-state index contributed by atoms with van der Waals surface area (Å²) in [5, 5.41) is 0.943. The molecule has 0 spiro atoms.